The van der Waals surface area contributed by atoms with Crippen molar-refractivity contribution in [1.29, 1.82) is 0 Å². The number of nitrogen functional groups attached to an aromatic ring is 1. The van der Waals surface area contributed by atoms with Crippen LogP contribution in [0.25, 0.3) is 0 Å². The first-order valence-electron chi connectivity index (χ1n) is 4.69. The number of rotatable bonds is 4. The Bertz CT molecular complexity index is 443. The molecule has 0 saturated heterocycles. The highest BCUT2D eigenvalue weighted by Crippen LogP contribution is 2.34. The van der Waals surface area contributed by atoms with E-state index in [9.17, 15) is 14.9 Å². The van der Waals surface area contributed by atoms with Gasteiger partial charge in [0.1, 0.15) is 17.0 Å². The first-order valence-corrected chi connectivity index (χ1v) is 4.69. The minimum Gasteiger partial charge on any atom is -0.493 e. The number of anilines is 1. The standard InChI is InChI=1S/C10H12N2O4/c1-3-16-8-5-4-7(11)10(12(14)15)9(8)6(2)13/h4-5H,3,11H2,1-2H3. The molecule has 0 amide bonds. The molecule has 0 aliphatic carbocycles. The molecule has 6 nitrogen and oxygen atoms in total. The second-order valence-electron chi connectivity index (χ2n) is 3.12. The number of ether oxygens (including phenoxy) is 1. The molecule has 0 unspecified atom stereocenters. The lowest BCUT2D eigenvalue weighted by Gasteiger charge is -2.09. The molecule has 16 heavy (non-hydrogen) atoms. The predicted molar refractivity (Wildman–Crippen MR) is 58.7 cm³/mol. The average Bonchev–Trinajstić information content (AvgIpc) is 2.19. The Morgan fingerprint density at radius 3 is 2.62 bits per heavy atom. The molecule has 0 atom stereocenters. The van der Waals surface area contributed by atoms with Gasteiger partial charge in [-0.1, -0.05) is 0 Å². The van der Waals surface area contributed by atoms with Crippen molar-refractivity contribution in [3.05, 3.63) is 27.8 Å². The number of nitro benzene ring substituents is 1. The van der Waals surface area contributed by atoms with Crippen LogP contribution in [0.3, 0.4) is 0 Å². The molecule has 0 heterocycles. The van der Waals surface area contributed by atoms with Crippen molar-refractivity contribution in [2.24, 2.45) is 0 Å². The van der Waals surface area contributed by atoms with Crippen molar-refractivity contribution in [1.82, 2.24) is 0 Å². The molecule has 1 aromatic rings. The fraction of sp³-hybridized carbons (Fsp3) is 0.300. The van der Waals surface area contributed by atoms with Crippen LogP contribution in [0.5, 0.6) is 5.75 Å². The Morgan fingerprint density at radius 1 is 1.56 bits per heavy atom. The number of Topliss-reactive ketones (excluding diaryl/α,β-unsaturated/α-hetero) is 1. The summed E-state index contributed by atoms with van der Waals surface area (Å²) in [5.74, 6) is -0.252. The number of hydrogen-bond donors (Lipinski definition) is 1. The highest BCUT2D eigenvalue weighted by molar-refractivity contribution is 6.02. The van der Waals surface area contributed by atoms with Crippen molar-refractivity contribution in [3.8, 4) is 5.75 Å². The molecule has 0 aliphatic heterocycles. The molecule has 1 rings (SSSR count). The first-order chi connectivity index (χ1) is 7.49. The van der Waals surface area contributed by atoms with E-state index < -0.39 is 16.4 Å². The second kappa shape index (κ2) is 4.61. The van der Waals surface area contributed by atoms with Gasteiger partial charge in [0.2, 0.25) is 0 Å². The molecule has 86 valence electrons. The van der Waals surface area contributed by atoms with Crippen LogP contribution in [0.4, 0.5) is 11.4 Å². The fourth-order valence-corrected chi connectivity index (χ4v) is 1.40. The van der Waals surface area contributed by atoms with Crippen LogP contribution in [-0.2, 0) is 0 Å². The van der Waals surface area contributed by atoms with Gasteiger partial charge in [-0.2, -0.15) is 0 Å². The number of benzene rings is 1. The Labute approximate surface area is 92.2 Å². The Morgan fingerprint density at radius 2 is 2.19 bits per heavy atom. The van der Waals surface area contributed by atoms with Gasteiger partial charge in [0.15, 0.2) is 5.78 Å². The number of hydrogen-bond acceptors (Lipinski definition) is 5. The zero-order valence-corrected chi connectivity index (χ0v) is 9.02. The molecule has 6 heteroatoms. The van der Waals surface area contributed by atoms with E-state index in [1.54, 1.807) is 6.92 Å². The van der Waals surface area contributed by atoms with Gasteiger partial charge < -0.3 is 10.5 Å². The van der Waals surface area contributed by atoms with Crippen LogP contribution in [0.15, 0.2) is 12.1 Å². The molecule has 0 bridgehead atoms. The average molecular weight is 224 g/mol. The molecule has 0 fully saturated rings. The van der Waals surface area contributed by atoms with Crippen LogP contribution in [0.1, 0.15) is 24.2 Å². The largest absolute Gasteiger partial charge is 0.493 e. The minimum atomic E-state index is -0.672. The van der Waals surface area contributed by atoms with Gasteiger partial charge in [0, 0.05) is 0 Å². The molecular formula is C10H12N2O4. The lowest BCUT2D eigenvalue weighted by molar-refractivity contribution is -0.384. The van der Waals surface area contributed by atoms with E-state index in [1.165, 1.54) is 19.1 Å². The third-order valence-electron chi connectivity index (χ3n) is 2.01. The lowest BCUT2D eigenvalue weighted by atomic mass is 10.1. The highest BCUT2D eigenvalue weighted by atomic mass is 16.6. The number of ketones is 1. The Balaban J connectivity index is 3.49. The SMILES string of the molecule is CCOc1ccc(N)c([N+](=O)[O-])c1C(C)=O. The Kier molecular flexibility index (Phi) is 3.44. The number of carbonyl (C=O) groups excluding carboxylic acids is 1. The summed E-state index contributed by atoms with van der Waals surface area (Å²) in [6.45, 7) is 3.29. The topological polar surface area (TPSA) is 95.5 Å². The van der Waals surface area contributed by atoms with E-state index >= 15 is 0 Å². The molecule has 2 N–H and O–H groups in total. The van der Waals surface area contributed by atoms with Crippen LogP contribution in [0.2, 0.25) is 0 Å². The van der Waals surface area contributed by atoms with Gasteiger partial charge in [-0.15, -0.1) is 0 Å². The van der Waals surface area contributed by atoms with E-state index in [1.807, 2.05) is 0 Å². The van der Waals surface area contributed by atoms with Gasteiger partial charge in [-0.3, -0.25) is 14.9 Å². The summed E-state index contributed by atoms with van der Waals surface area (Å²) in [6, 6.07) is 2.82. The van der Waals surface area contributed by atoms with Crippen molar-refractivity contribution in [3.63, 3.8) is 0 Å². The van der Waals surface area contributed by atoms with Gasteiger partial charge in [-0.05, 0) is 26.0 Å². The maximum absolute atomic E-state index is 11.4. The lowest BCUT2D eigenvalue weighted by Crippen LogP contribution is -2.07. The smallest absolute Gasteiger partial charge is 0.306 e. The van der Waals surface area contributed by atoms with Crippen molar-refractivity contribution >= 4 is 17.2 Å². The normalized spacial score (nSPS) is 9.88. The van der Waals surface area contributed by atoms with Crippen LogP contribution in [-0.4, -0.2) is 17.3 Å². The fourth-order valence-electron chi connectivity index (χ4n) is 1.40. The van der Waals surface area contributed by atoms with Crippen molar-refractivity contribution in [2.75, 3.05) is 12.3 Å². The first kappa shape index (κ1) is 12.0. The summed E-state index contributed by atoms with van der Waals surface area (Å²) < 4.78 is 5.16. The predicted octanol–water partition coefficient (Wildman–Crippen LogP) is 1.78. The quantitative estimate of drug-likeness (QED) is 0.364. The second-order valence-corrected chi connectivity index (χ2v) is 3.12. The monoisotopic (exact) mass is 224 g/mol. The van der Waals surface area contributed by atoms with E-state index in [-0.39, 0.29) is 17.0 Å². The van der Waals surface area contributed by atoms with Gasteiger partial charge in [0.05, 0.1) is 11.5 Å². The third-order valence-corrected chi connectivity index (χ3v) is 2.01. The Hall–Kier alpha value is -2.11. The molecule has 0 saturated carbocycles. The third kappa shape index (κ3) is 2.10. The summed E-state index contributed by atoms with van der Waals surface area (Å²) in [6.07, 6.45) is 0. The van der Waals surface area contributed by atoms with Crippen LogP contribution < -0.4 is 10.5 Å². The molecule has 0 radical (unpaired) electrons. The molecule has 1 aromatic carbocycles. The molecular weight excluding hydrogens is 212 g/mol. The summed E-state index contributed by atoms with van der Waals surface area (Å²) in [4.78, 5) is 21.5. The maximum atomic E-state index is 11.4. The summed E-state index contributed by atoms with van der Waals surface area (Å²) in [5.41, 5.74) is 4.97. The van der Waals surface area contributed by atoms with E-state index in [2.05, 4.69) is 0 Å². The number of nitro groups is 1. The molecule has 0 aromatic heterocycles. The molecule has 0 spiro atoms. The van der Waals surface area contributed by atoms with Gasteiger partial charge in [0.25, 0.3) is 0 Å². The zero-order valence-electron chi connectivity index (χ0n) is 9.02. The van der Waals surface area contributed by atoms with Crippen molar-refractivity contribution in [2.45, 2.75) is 13.8 Å². The van der Waals surface area contributed by atoms with Crippen LogP contribution >= 0.6 is 0 Å². The van der Waals surface area contributed by atoms with Crippen molar-refractivity contribution < 1.29 is 14.5 Å². The number of nitrogens with zero attached hydrogens (tertiary/aromatic N) is 1. The van der Waals surface area contributed by atoms with E-state index in [4.69, 9.17) is 10.5 Å². The summed E-state index contributed by atoms with van der Waals surface area (Å²) >= 11 is 0. The van der Waals surface area contributed by atoms with Crippen LogP contribution in [0, 0.1) is 10.1 Å². The summed E-state index contributed by atoms with van der Waals surface area (Å²) in [5, 5.41) is 10.8. The van der Waals surface area contributed by atoms with E-state index in [0.29, 0.717) is 6.61 Å². The number of nitrogens with two attached hydrogens (primary N) is 1. The minimum absolute atomic E-state index is 0.0429. The molecule has 0 aliphatic rings. The van der Waals surface area contributed by atoms with E-state index in [0.717, 1.165) is 0 Å². The highest BCUT2D eigenvalue weighted by Gasteiger charge is 2.25. The van der Waals surface area contributed by atoms with Gasteiger partial charge >= 0.3 is 5.69 Å². The summed E-state index contributed by atoms with van der Waals surface area (Å²) in [7, 11) is 0. The van der Waals surface area contributed by atoms with Gasteiger partial charge in [-0.25, -0.2) is 0 Å². The number of carbonyl (C=O) groups is 1. The zero-order chi connectivity index (χ0) is 12.3. The maximum Gasteiger partial charge on any atom is 0.306 e.